The highest BCUT2D eigenvalue weighted by Crippen LogP contribution is 2.32. The number of allylic oxidation sites excluding steroid dienone is 1. The highest BCUT2D eigenvalue weighted by atomic mass is 28.3. The lowest BCUT2D eigenvalue weighted by Crippen LogP contribution is -2.66. The maximum Gasteiger partial charge on any atom is 0.207 e. The molecule has 2 nitrogen and oxygen atoms in total. The zero-order chi connectivity index (χ0) is 15.3. The minimum Gasteiger partial charge on any atom is -0.312 e. The van der Waals surface area contributed by atoms with Crippen LogP contribution in [0.5, 0.6) is 0 Å². The van der Waals surface area contributed by atoms with Crippen LogP contribution < -0.4 is 0 Å². The molecule has 0 aromatic heterocycles. The van der Waals surface area contributed by atoms with Gasteiger partial charge < -0.3 is 9.13 Å². The first-order valence-corrected chi connectivity index (χ1v) is 11.8. The van der Waals surface area contributed by atoms with E-state index in [-0.39, 0.29) is 0 Å². The van der Waals surface area contributed by atoms with Crippen molar-refractivity contribution >= 4 is 8.40 Å². The van der Waals surface area contributed by atoms with Crippen molar-refractivity contribution in [2.45, 2.75) is 88.9 Å². The van der Waals surface area contributed by atoms with Crippen LogP contribution in [-0.4, -0.2) is 43.7 Å². The van der Waals surface area contributed by atoms with Gasteiger partial charge in [-0.15, -0.1) is 6.58 Å². The molecule has 0 aliphatic heterocycles. The van der Waals surface area contributed by atoms with Gasteiger partial charge in [0, 0.05) is 12.1 Å². The van der Waals surface area contributed by atoms with E-state index in [0.29, 0.717) is 0 Å². The summed E-state index contributed by atoms with van der Waals surface area (Å²) < 4.78 is 5.64. The second kappa shape index (κ2) is 7.93. The Balaban J connectivity index is 2.10. The largest absolute Gasteiger partial charge is 0.312 e. The molecule has 0 atom stereocenters. The first kappa shape index (κ1) is 17.2. The maximum absolute atomic E-state index is 4.08. The quantitative estimate of drug-likeness (QED) is 0.515. The molecule has 2 aliphatic rings. The van der Waals surface area contributed by atoms with Crippen LogP contribution in [0.3, 0.4) is 0 Å². The summed E-state index contributed by atoms with van der Waals surface area (Å²) in [6.45, 7) is 6.66. The van der Waals surface area contributed by atoms with Crippen LogP contribution in [0, 0.1) is 0 Å². The molecular formula is C18H36N2Si. The standard InChI is InChI=1S/C18H36N2Si/c1-5-16-21(4,19(2)17-12-8-6-9-13-17)20(3)18-14-10-7-11-15-18/h5,17-18H,1,6-16H2,2-4H3. The number of hydrogen-bond donors (Lipinski definition) is 0. The lowest BCUT2D eigenvalue weighted by molar-refractivity contribution is 0.217. The maximum atomic E-state index is 4.08. The van der Waals surface area contributed by atoms with Crippen molar-refractivity contribution in [2.75, 3.05) is 14.1 Å². The number of nitrogens with zero attached hydrogens (tertiary/aromatic N) is 2. The third-order valence-electron chi connectivity index (χ3n) is 6.30. The van der Waals surface area contributed by atoms with Gasteiger partial charge in [0.1, 0.15) is 0 Å². The average Bonchev–Trinajstić information content (AvgIpc) is 2.55. The molecular weight excluding hydrogens is 272 g/mol. The molecule has 0 unspecified atom stereocenters. The second-order valence-corrected chi connectivity index (χ2v) is 11.8. The summed E-state index contributed by atoms with van der Waals surface area (Å²) in [5, 5.41) is 0. The fraction of sp³-hybridized carbons (Fsp3) is 0.889. The van der Waals surface area contributed by atoms with E-state index >= 15 is 0 Å². The van der Waals surface area contributed by atoms with E-state index in [1.165, 1.54) is 70.3 Å². The molecule has 0 radical (unpaired) electrons. The zero-order valence-corrected chi connectivity index (χ0v) is 15.6. The molecule has 0 aromatic rings. The summed E-state index contributed by atoms with van der Waals surface area (Å²) in [6, 6.07) is 2.84. The Morgan fingerprint density at radius 1 is 0.857 bits per heavy atom. The van der Waals surface area contributed by atoms with Crippen LogP contribution in [0.25, 0.3) is 0 Å². The van der Waals surface area contributed by atoms with E-state index in [4.69, 9.17) is 0 Å². The first-order chi connectivity index (χ1) is 10.1. The van der Waals surface area contributed by atoms with Gasteiger partial charge in [-0.25, -0.2) is 0 Å². The molecule has 21 heavy (non-hydrogen) atoms. The lowest BCUT2D eigenvalue weighted by Gasteiger charge is -2.51. The number of hydrogen-bond acceptors (Lipinski definition) is 2. The minimum atomic E-state index is -1.58. The van der Waals surface area contributed by atoms with Crippen LogP contribution in [0.15, 0.2) is 12.7 Å². The van der Waals surface area contributed by atoms with E-state index in [9.17, 15) is 0 Å². The third kappa shape index (κ3) is 3.99. The van der Waals surface area contributed by atoms with Crippen LogP contribution in [0.4, 0.5) is 0 Å². The van der Waals surface area contributed by atoms with Gasteiger partial charge in [-0.3, -0.25) is 0 Å². The molecule has 2 rings (SSSR count). The molecule has 2 saturated carbocycles. The van der Waals surface area contributed by atoms with Crippen molar-refractivity contribution in [1.82, 2.24) is 9.13 Å². The fourth-order valence-electron chi connectivity index (χ4n) is 4.53. The third-order valence-corrected chi connectivity index (χ3v) is 11.1. The van der Waals surface area contributed by atoms with Crippen molar-refractivity contribution in [3.05, 3.63) is 12.7 Å². The Morgan fingerprint density at radius 3 is 1.57 bits per heavy atom. The molecule has 0 bridgehead atoms. The van der Waals surface area contributed by atoms with Crippen molar-refractivity contribution in [1.29, 1.82) is 0 Å². The van der Waals surface area contributed by atoms with Crippen molar-refractivity contribution in [3.63, 3.8) is 0 Å². The predicted molar refractivity (Wildman–Crippen MR) is 95.9 cm³/mol. The van der Waals surface area contributed by atoms with Gasteiger partial charge in [0.05, 0.1) is 0 Å². The molecule has 0 aromatic carbocycles. The molecule has 2 aliphatic carbocycles. The highest BCUT2D eigenvalue weighted by molar-refractivity contribution is 6.73. The Hall–Kier alpha value is -0.123. The Bertz CT molecular complexity index is 295. The topological polar surface area (TPSA) is 6.48 Å². The van der Waals surface area contributed by atoms with Crippen LogP contribution in [0.1, 0.15) is 64.2 Å². The monoisotopic (exact) mass is 308 g/mol. The summed E-state index contributed by atoms with van der Waals surface area (Å²) in [6.07, 6.45) is 16.5. The Morgan fingerprint density at radius 2 is 1.24 bits per heavy atom. The SMILES string of the molecule is C=CC[Si](C)(N(C)C1CCCCC1)N(C)C1CCCCC1. The molecule has 2 fully saturated rings. The summed E-state index contributed by atoms with van der Waals surface area (Å²) >= 11 is 0. The van der Waals surface area contributed by atoms with Gasteiger partial charge in [0.15, 0.2) is 0 Å². The van der Waals surface area contributed by atoms with Crippen molar-refractivity contribution < 1.29 is 0 Å². The van der Waals surface area contributed by atoms with Crippen LogP contribution >= 0.6 is 0 Å². The van der Waals surface area contributed by atoms with E-state index in [1.54, 1.807) is 0 Å². The zero-order valence-electron chi connectivity index (χ0n) is 14.6. The first-order valence-electron chi connectivity index (χ1n) is 9.16. The van der Waals surface area contributed by atoms with E-state index in [1.807, 2.05) is 0 Å². The van der Waals surface area contributed by atoms with Gasteiger partial charge >= 0.3 is 0 Å². The van der Waals surface area contributed by atoms with Crippen molar-refractivity contribution in [3.8, 4) is 0 Å². The fourth-order valence-corrected chi connectivity index (χ4v) is 8.24. The molecule has 122 valence electrons. The van der Waals surface area contributed by atoms with Gasteiger partial charge in [-0.2, -0.15) is 0 Å². The summed E-state index contributed by atoms with van der Waals surface area (Å²) in [7, 11) is 3.26. The van der Waals surface area contributed by atoms with E-state index in [2.05, 4.69) is 42.4 Å². The normalized spacial score (nSPS) is 22.9. The van der Waals surface area contributed by atoms with Gasteiger partial charge in [0.25, 0.3) is 0 Å². The predicted octanol–water partition coefficient (Wildman–Crippen LogP) is 4.77. The molecule has 0 heterocycles. The Labute approximate surface area is 133 Å². The number of rotatable bonds is 6. The summed E-state index contributed by atoms with van der Waals surface area (Å²) in [5.41, 5.74) is 0. The van der Waals surface area contributed by atoms with E-state index < -0.39 is 8.40 Å². The minimum absolute atomic E-state index is 0.821. The molecule has 0 spiro atoms. The van der Waals surface area contributed by atoms with Gasteiger partial charge in [-0.05, 0) is 52.4 Å². The van der Waals surface area contributed by atoms with E-state index in [0.717, 1.165) is 12.1 Å². The molecule has 0 amide bonds. The summed E-state index contributed by atoms with van der Waals surface area (Å²) in [5.74, 6) is 0. The highest BCUT2D eigenvalue weighted by Gasteiger charge is 2.42. The summed E-state index contributed by atoms with van der Waals surface area (Å²) in [4.78, 5) is 0. The smallest absolute Gasteiger partial charge is 0.207 e. The lowest BCUT2D eigenvalue weighted by atomic mass is 9.96. The molecule has 0 saturated heterocycles. The second-order valence-electron chi connectivity index (χ2n) is 7.52. The van der Waals surface area contributed by atoms with Crippen molar-refractivity contribution in [2.24, 2.45) is 0 Å². The van der Waals surface area contributed by atoms with Gasteiger partial charge in [0.2, 0.25) is 8.40 Å². The molecule has 3 heteroatoms. The van der Waals surface area contributed by atoms with Crippen LogP contribution in [0.2, 0.25) is 12.6 Å². The van der Waals surface area contributed by atoms with Gasteiger partial charge in [-0.1, -0.05) is 44.6 Å². The molecule has 0 N–H and O–H groups in total. The average molecular weight is 309 g/mol. The Kier molecular flexibility index (Phi) is 6.51. The van der Waals surface area contributed by atoms with Crippen LogP contribution in [-0.2, 0) is 0 Å².